The summed E-state index contributed by atoms with van der Waals surface area (Å²) in [6.45, 7) is 9.14. The van der Waals surface area contributed by atoms with Crippen LogP contribution in [-0.2, 0) is 6.54 Å². The second kappa shape index (κ2) is 5.61. The standard InChI is InChI=1S/C15H23NO2/c1-15(2,3)7-4-8-16-10-12-5-6-13-14(9-12)18-11-17-13/h5-6,9,16H,4,7-8,10-11H2,1-3H3. The minimum Gasteiger partial charge on any atom is -0.454 e. The molecule has 0 bridgehead atoms. The predicted molar refractivity (Wildman–Crippen MR) is 73.0 cm³/mol. The van der Waals surface area contributed by atoms with Crippen LogP contribution < -0.4 is 14.8 Å². The fourth-order valence-electron chi connectivity index (χ4n) is 2.03. The van der Waals surface area contributed by atoms with Gasteiger partial charge in [-0.1, -0.05) is 26.8 Å². The first-order valence-corrected chi connectivity index (χ1v) is 6.64. The highest BCUT2D eigenvalue weighted by atomic mass is 16.7. The first kappa shape index (κ1) is 13.2. The zero-order valence-electron chi connectivity index (χ0n) is 11.6. The Morgan fingerprint density at radius 2 is 1.94 bits per heavy atom. The van der Waals surface area contributed by atoms with Gasteiger partial charge in [-0.2, -0.15) is 0 Å². The number of benzene rings is 1. The van der Waals surface area contributed by atoms with E-state index in [4.69, 9.17) is 9.47 Å². The topological polar surface area (TPSA) is 30.5 Å². The molecule has 3 nitrogen and oxygen atoms in total. The van der Waals surface area contributed by atoms with Crippen molar-refractivity contribution in [3.8, 4) is 11.5 Å². The third-order valence-electron chi connectivity index (χ3n) is 3.05. The summed E-state index contributed by atoms with van der Waals surface area (Å²) in [6, 6.07) is 6.12. The van der Waals surface area contributed by atoms with E-state index in [-0.39, 0.29) is 0 Å². The van der Waals surface area contributed by atoms with Crippen molar-refractivity contribution < 1.29 is 9.47 Å². The summed E-state index contributed by atoms with van der Waals surface area (Å²) in [5.41, 5.74) is 1.68. The molecule has 18 heavy (non-hydrogen) atoms. The molecular formula is C15H23NO2. The largest absolute Gasteiger partial charge is 0.454 e. The fraction of sp³-hybridized carbons (Fsp3) is 0.600. The zero-order chi connectivity index (χ0) is 13.0. The number of hydrogen-bond donors (Lipinski definition) is 1. The van der Waals surface area contributed by atoms with Gasteiger partial charge < -0.3 is 14.8 Å². The second-order valence-corrected chi connectivity index (χ2v) is 6.03. The molecule has 1 aliphatic rings. The Kier molecular flexibility index (Phi) is 4.12. The van der Waals surface area contributed by atoms with Crippen molar-refractivity contribution in [2.24, 2.45) is 5.41 Å². The summed E-state index contributed by atoms with van der Waals surface area (Å²) in [7, 11) is 0. The number of hydrogen-bond acceptors (Lipinski definition) is 3. The Balaban J connectivity index is 1.71. The van der Waals surface area contributed by atoms with Crippen LogP contribution in [0.2, 0.25) is 0 Å². The van der Waals surface area contributed by atoms with Crippen LogP contribution in [0.4, 0.5) is 0 Å². The van der Waals surface area contributed by atoms with Gasteiger partial charge in [-0.3, -0.25) is 0 Å². The summed E-state index contributed by atoms with van der Waals surface area (Å²) in [5.74, 6) is 1.72. The van der Waals surface area contributed by atoms with Gasteiger partial charge in [-0.25, -0.2) is 0 Å². The van der Waals surface area contributed by atoms with Crippen molar-refractivity contribution in [3.63, 3.8) is 0 Å². The van der Waals surface area contributed by atoms with E-state index in [0.717, 1.165) is 24.6 Å². The van der Waals surface area contributed by atoms with Crippen LogP contribution in [0.15, 0.2) is 18.2 Å². The summed E-state index contributed by atoms with van der Waals surface area (Å²) >= 11 is 0. The lowest BCUT2D eigenvalue weighted by molar-refractivity contribution is 0.174. The second-order valence-electron chi connectivity index (χ2n) is 6.03. The molecule has 0 radical (unpaired) electrons. The molecule has 1 N–H and O–H groups in total. The molecule has 1 aromatic carbocycles. The van der Waals surface area contributed by atoms with Gasteiger partial charge in [0.1, 0.15) is 0 Å². The van der Waals surface area contributed by atoms with E-state index in [1.807, 2.05) is 6.07 Å². The average Bonchev–Trinajstić information content (AvgIpc) is 2.74. The van der Waals surface area contributed by atoms with E-state index < -0.39 is 0 Å². The molecule has 1 heterocycles. The maximum absolute atomic E-state index is 5.36. The van der Waals surface area contributed by atoms with E-state index >= 15 is 0 Å². The van der Waals surface area contributed by atoms with Crippen molar-refractivity contribution in [1.82, 2.24) is 5.32 Å². The highest BCUT2D eigenvalue weighted by molar-refractivity contribution is 5.44. The molecule has 0 fully saturated rings. The highest BCUT2D eigenvalue weighted by Crippen LogP contribution is 2.32. The van der Waals surface area contributed by atoms with E-state index in [1.54, 1.807) is 0 Å². The number of nitrogens with one attached hydrogen (secondary N) is 1. The Morgan fingerprint density at radius 3 is 2.72 bits per heavy atom. The van der Waals surface area contributed by atoms with E-state index in [0.29, 0.717) is 12.2 Å². The fourth-order valence-corrected chi connectivity index (χ4v) is 2.03. The smallest absolute Gasteiger partial charge is 0.231 e. The Hall–Kier alpha value is -1.22. The minimum atomic E-state index is 0.345. The van der Waals surface area contributed by atoms with Crippen molar-refractivity contribution >= 4 is 0 Å². The summed E-state index contributed by atoms with van der Waals surface area (Å²) in [6.07, 6.45) is 2.47. The van der Waals surface area contributed by atoms with Gasteiger partial charge >= 0.3 is 0 Å². The average molecular weight is 249 g/mol. The molecule has 100 valence electrons. The van der Waals surface area contributed by atoms with Gasteiger partial charge in [-0.15, -0.1) is 0 Å². The molecule has 3 heteroatoms. The third-order valence-corrected chi connectivity index (χ3v) is 3.05. The molecule has 0 unspecified atom stereocenters. The van der Waals surface area contributed by atoms with Gasteiger partial charge in [0.05, 0.1) is 0 Å². The van der Waals surface area contributed by atoms with Crippen molar-refractivity contribution in [3.05, 3.63) is 23.8 Å². The van der Waals surface area contributed by atoms with Gasteiger partial charge in [0.15, 0.2) is 11.5 Å². The lowest BCUT2D eigenvalue weighted by Crippen LogP contribution is -2.17. The van der Waals surface area contributed by atoms with E-state index in [9.17, 15) is 0 Å². The Bertz CT molecular complexity index is 396. The molecule has 1 aliphatic heterocycles. The molecule has 0 amide bonds. The lowest BCUT2D eigenvalue weighted by Gasteiger charge is -2.17. The van der Waals surface area contributed by atoms with Gasteiger partial charge in [0.25, 0.3) is 0 Å². The molecule has 0 saturated heterocycles. The molecular weight excluding hydrogens is 226 g/mol. The third kappa shape index (κ3) is 3.91. The van der Waals surface area contributed by atoms with Crippen LogP contribution in [0.3, 0.4) is 0 Å². The van der Waals surface area contributed by atoms with Gasteiger partial charge in [0.2, 0.25) is 6.79 Å². The molecule has 2 rings (SSSR count). The quantitative estimate of drug-likeness (QED) is 0.812. The van der Waals surface area contributed by atoms with E-state index in [2.05, 4.69) is 38.2 Å². The molecule has 1 aromatic rings. The molecule has 0 aromatic heterocycles. The normalized spacial score (nSPS) is 13.9. The Labute approximate surface area is 109 Å². The van der Waals surface area contributed by atoms with Crippen molar-refractivity contribution in [2.45, 2.75) is 40.2 Å². The number of ether oxygens (including phenoxy) is 2. The molecule has 0 saturated carbocycles. The summed E-state index contributed by atoms with van der Waals surface area (Å²) in [4.78, 5) is 0. The summed E-state index contributed by atoms with van der Waals surface area (Å²) < 4.78 is 10.7. The van der Waals surface area contributed by atoms with Crippen LogP contribution in [0.1, 0.15) is 39.2 Å². The molecule has 0 aliphatic carbocycles. The first-order chi connectivity index (χ1) is 8.54. The number of rotatable bonds is 5. The predicted octanol–water partition coefficient (Wildman–Crippen LogP) is 3.33. The van der Waals surface area contributed by atoms with Gasteiger partial charge in [-0.05, 0) is 42.5 Å². The molecule has 0 spiro atoms. The van der Waals surface area contributed by atoms with E-state index in [1.165, 1.54) is 18.4 Å². The summed E-state index contributed by atoms with van der Waals surface area (Å²) in [5, 5.41) is 3.47. The van der Waals surface area contributed by atoms with Crippen LogP contribution in [-0.4, -0.2) is 13.3 Å². The van der Waals surface area contributed by atoms with Crippen molar-refractivity contribution in [2.75, 3.05) is 13.3 Å². The maximum Gasteiger partial charge on any atom is 0.231 e. The SMILES string of the molecule is CC(C)(C)CCCNCc1ccc2c(c1)OCO2. The minimum absolute atomic E-state index is 0.345. The zero-order valence-corrected chi connectivity index (χ0v) is 11.6. The van der Waals surface area contributed by atoms with Crippen LogP contribution in [0.5, 0.6) is 11.5 Å². The van der Waals surface area contributed by atoms with Crippen LogP contribution >= 0.6 is 0 Å². The maximum atomic E-state index is 5.36. The van der Waals surface area contributed by atoms with Crippen LogP contribution in [0, 0.1) is 5.41 Å². The van der Waals surface area contributed by atoms with Crippen LogP contribution in [0.25, 0.3) is 0 Å². The molecule has 0 atom stereocenters. The lowest BCUT2D eigenvalue weighted by atomic mass is 9.91. The first-order valence-electron chi connectivity index (χ1n) is 6.64. The Morgan fingerprint density at radius 1 is 1.17 bits per heavy atom. The van der Waals surface area contributed by atoms with Gasteiger partial charge in [0, 0.05) is 6.54 Å². The highest BCUT2D eigenvalue weighted by Gasteiger charge is 2.13. The van der Waals surface area contributed by atoms with Crippen molar-refractivity contribution in [1.29, 1.82) is 0 Å². The monoisotopic (exact) mass is 249 g/mol. The number of fused-ring (bicyclic) bond motifs is 1.